The molecule has 0 spiro atoms. The molecule has 150 valence electrons. The van der Waals surface area contributed by atoms with Crippen LogP contribution in [-0.4, -0.2) is 22.3 Å². The molecule has 2 aromatic carbocycles. The predicted molar refractivity (Wildman–Crippen MR) is 107 cm³/mol. The Hall–Kier alpha value is -2.90. The van der Waals surface area contributed by atoms with Gasteiger partial charge in [0.1, 0.15) is 18.2 Å². The van der Waals surface area contributed by atoms with Crippen molar-refractivity contribution in [1.82, 2.24) is 9.55 Å². The maximum Gasteiger partial charge on any atom is 0.306 e. The van der Waals surface area contributed by atoms with Crippen LogP contribution in [0.4, 0.5) is 0 Å². The van der Waals surface area contributed by atoms with Gasteiger partial charge in [-0.15, -0.1) is 0 Å². The van der Waals surface area contributed by atoms with Crippen LogP contribution < -0.4 is 10.3 Å². The molecular formula is C21H19ClN2O5. The predicted octanol–water partition coefficient (Wildman–Crippen LogP) is 3.13. The first-order valence-corrected chi connectivity index (χ1v) is 9.53. The fourth-order valence-corrected chi connectivity index (χ4v) is 3.56. The lowest BCUT2D eigenvalue weighted by atomic mass is 10.1. The average Bonchev–Trinajstić information content (AvgIpc) is 2.73. The first kappa shape index (κ1) is 19.4. The smallest absolute Gasteiger partial charge is 0.306 e. The molecule has 3 aromatic rings. The minimum atomic E-state index is -0.395. The van der Waals surface area contributed by atoms with Crippen molar-refractivity contribution in [3.05, 3.63) is 68.7 Å². The van der Waals surface area contributed by atoms with Gasteiger partial charge in [0.15, 0.2) is 6.79 Å². The summed E-state index contributed by atoms with van der Waals surface area (Å²) in [5, 5.41) is 1.08. The second-order valence-corrected chi connectivity index (χ2v) is 7.17. The number of hydrogen-bond acceptors (Lipinski definition) is 6. The summed E-state index contributed by atoms with van der Waals surface area (Å²) >= 11 is 6.13. The molecule has 1 aliphatic heterocycles. The summed E-state index contributed by atoms with van der Waals surface area (Å²) in [5.41, 5.74) is 2.00. The number of carbonyl (C=O) groups is 1. The largest absolute Gasteiger partial charge is 0.467 e. The number of nitrogens with zero attached hydrogens (tertiary/aromatic N) is 2. The number of hydrogen-bond donors (Lipinski definition) is 0. The van der Waals surface area contributed by atoms with Crippen molar-refractivity contribution in [2.45, 2.75) is 26.1 Å². The van der Waals surface area contributed by atoms with E-state index in [0.29, 0.717) is 46.1 Å². The maximum absolute atomic E-state index is 12.4. The van der Waals surface area contributed by atoms with Gasteiger partial charge in [0, 0.05) is 29.6 Å². The summed E-state index contributed by atoms with van der Waals surface area (Å²) in [5.74, 6) is 0.784. The molecule has 0 saturated carbocycles. The monoisotopic (exact) mass is 414 g/mol. The second-order valence-electron chi connectivity index (χ2n) is 6.73. The van der Waals surface area contributed by atoms with Crippen LogP contribution in [0.5, 0.6) is 5.75 Å². The molecule has 0 atom stereocenters. The highest BCUT2D eigenvalue weighted by molar-refractivity contribution is 6.30. The van der Waals surface area contributed by atoms with Crippen LogP contribution in [0.2, 0.25) is 5.02 Å². The van der Waals surface area contributed by atoms with Gasteiger partial charge in [-0.25, -0.2) is 4.98 Å². The van der Waals surface area contributed by atoms with Gasteiger partial charge in [-0.1, -0.05) is 23.7 Å². The summed E-state index contributed by atoms with van der Waals surface area (Å²) in [6.07, 6.45) is 0.402. The van der Waals surface area contributed by atoms with E-state index in [2.05, 4.69) is 4.98 Å². The molecule has 0 unspecified atom stereocenters. The molecule has 29 heavy (non-hydrogen) atoms. The molecule has 0 fully saturated rings. The van der Waals surface area contributed by atoms with E-state index >= 15 is 0 Å². The topological polar surface area (TPSA) is 79.7 Å². The lowest BCUT2D eigenvalue weighted by Gasteiger charge is -2.21. The van der Waals surface area contributed by atoms with Crippen molar-refractivity contribution < 1.29 is 19.0 Å². The van der Waals surface area contributed by atoms with E-state index in [1.807, 2.05) is 6.07 Å². The molecule has 7 nitrogen and oxygen atoms in total. The number of fused-ring (bicyclic) bond motifs is 2. The number of aryl methyl sites for hydroxylation is 1. The summed E-state index contributed by atoms with van der Waals surface area (Å²) < 4.78 is 17.6. The highest BCUT2D eigenvalue weighted by atomic mass is 35.5. The van der Waals surface area contributed by atoms with Crippen molar-refractivity contribution in [3.63, 3.8) is 0 Å². The number of para-hydroxylation sites is 1. The Bertz CT molecular complexity index is 1140. The van der Waals surface area contributed by atoms with E-state index in [9.17, 15) is 9.59 Å². The zero-order chi connectivity index (χ0) is 20.4. The Morgan fingerprint density at radius 2 is 2.14 bits per heavy atom. The highest BCUT2D eigenvalue weighted by Gasteiger charge is 2.18. The van der Waals surface area contributed by atoms with Crippen LogP contribution in [0.25, 0.3) is 10.9 Å². The highest BCUT2D eigenvalue weighted by Crippen LogP contribution is 2.32. The number of esters is 1. The van der Waals surface area contributed by atoms with Gasteiger partial charge in [-0.3, -0.25) is 14.2 Å². The van der Waals surface area contributed by atoms with E-state index in [1.165, 1.54) is 4.57 Å². The molecule has 1 aromatic heterocycles. The molecule has 0 N–H and O–H groups in total. The lowest BCUT2D eigenvalue weighted by molar-refractivity contribution is -0.145. The zero-order valence-corrected chi connectivity index (χ0v) is 16.6. The Balaban J connectivity index is 1.43. The summed E-state index contributed by atoms with van der Waals surface area (Å²) in [4.78, 5) is 29.2. The molecular weight excluding hydrogens is 396 g/mol. The molecule has 1 aliphatic rings. The summed E-state index contributed by atoms with van der Waals surface area (Å²) in [6, 6.07) is 10.6. The van der Waals surface area contributed by atoms with Crippen LogP contribution in [0.15, 0.2) is 41.2 Å². The first-order valence-electron chi connectivity index (χ1n) is 9.15. The number of ether oxygens (including phenoxy) is 3. The Morgan fingerprint density at radius 3 is 3.00 bits per heavy atom. The van der Waals surface area contributed by atoms with E-state index in [1.54, 1.807) is 37.4 Å². The average molecular weight is 415 g/mol. The third-order valence-corrected chi connectivity index (χ3v) is 4.99. The van der Waals surface area contributed by atoms with Crippen LogP contribution in [0.1, 0.15) is 23.4 Å². The lowest BCUT2D eigenvalue weighted by Crippen LogP contribution is -2.23. The van der Waals surface area contributed by atoms with E-state index < -0.39 is 5.97 Å². The van der Waals surface area contributed by atoms with Crippen molar-refractivity contribution >= 4 is 28.5 Å². The van der Waals surface area contributed by atoms with Gasteiger partial charge >= 0.3 is 5.97 Å². The van der Waals surface area contributed by atoms with Crippen LogP contribution in [0.3, 0.4) is 0 Å². The number of aromatic nitrogens is 2. The molecule has 0 aliphatic carbocycles. The van der Waals surface area contributed by atoms with E-state index in [-0.39, 0.29) is 25.4 Å². The normalized spacial score (nSPS) is 13.0. The second kappa shape index (κ2) is 8.23. The van der Waals surface area contributed by atoms with Crippen LogP contribution in [-0.2, 0) is 41.0 Å². The van der Waals surface area contributed by atoms with Gasteiger partial charge in [0.25, 0.3) is 5.56 Å². The van der Waals surface area contributed by atoms with Gasteiger partial charge in [0.2, 0.25) is 0 Å². The molecule has 4 rings (SSSR count). The van der Waals surface area contributed by atoms with Crippen LogP contribution >= 0.6 is 11.6 Å². The number of carbonyl (C=O) groups excluding carboxylic acids is 1. The molecule has 0 bridgehead atoms. The standard InChI is InChI=1S/C21H19ClN2O5/c1-24-18(23-17-5-3-2-4-16(17)21(24)26)6-7-19(25)28-11-14-9-15(22)8-13-10-27-12-29-20(13)14/h2-5,8-9H,6-7,10-12H2,1H3. The zero-order valence-electron chi connectivity index (χ0n) is 15.8. The fourth-order valence-electron chi connectivity index (χ4n) is 3.30. The number of benzene rings is 2. The van der Waals surface area contributed by atoms with Crippen molar-refractivity contribution in [3.8, 4) is 5.75 Å². The van der Waals surface area contributed by atoms with Crippen molar-refractivity contribution in [1.29, 1.82) is 0 Å². The first-order chi connectivity index (χ1) is 14.0. The molecule has 8 heteroatoms. The van der Waals surface area contributed by atoms with Crippen molar-refractivity contribution in [2.24, 2.45) is 7.05 Å². The van der Waals surface area contributed by atoms with Crippen molar-refractivity contribution in [2.75, 3.05) is 6.79 Å². The van der Waals surface area contributed by atoms with E-state index in [0.717, 1.165) is 5.56 Å². The van der Waals surface area contributed by atoms with Gasteiger partial charge in [0.05, 0.1) is 23.9 Å². The van der Waals surface area contributed by atoms with Gasteiger partial charge < -0.3 is 14.2 Å². The summed E-state index contributed by atoms with van der Waals surface area (Å²) in [6.45, 7) is 0.599. The quantitative estimate of drug-likeness (QED) is 0.597. The molecule has 0 radical (unpaired) electrons. The SMILES string of the molecule is Cn1c(CCC(=O)OCc2cc(Cl)cc3c2OCOC3)nc2ccccc2c1=O. The minimum Gasteiger partial charge on any atom is -0.467 e. The Kier molecular flexibility index (Phi) is 5.51. The fraction of sp³-hybridized carbons (Fsp3) is 0.286. The minimum absolute atomic E-state index is 0.0474. The maximum atomic E-state index is 12.4. The summed E-state index contributed by atoms with van der Waals surface area (Å²) in [7, 11) is 1.65. The van der Waals surface area contributed by atoms with Gasteiger partial charge in [-0.2, -0.15) is 0 Å². The number of rotatable bonds is 5. The van der Waals surface area contributed by atoms with E-state index in [4.69, 9.17) is 25.8 Å². The molecule has 0 amide bonds. The third kappa shape index (κ3) is 4.11. The molecule has 0 saturated heterocycles. The Labute approximate surface area is 171 Å². The Morgan fingerprint density at radius 1 is 1.31 bits per heavy atom. The van der Waals surface area contributed by atoms with Gasteiger partial charge in [-0.05, 0) is 24.3 Å². The third-order valence-electron chi connectivity index (χ3n) is 4.77. The molecule has 2 heterocycles. The van der Waals surface area contributed by atoms with Crippen LogP contribution in [0, 0.1) is 0 Å². The number of halogens is 1.